The number of hydrogen-bond donors (Lipinski definition) is 0. The van der Waals surface area contributed by atoms with Gasteiger partial charge in [-0.2, -0.15) is 0 Å². The number of amides is 1. The Balaban J connectivity index is 2.21. The van der Waals surface area contributed by atoms with Crippen LogP contribution in [0.25, 0.3) is 0 Å². The van der Waals surface area contributed by atoms with Crippen LogP contribution in [0, 0.1) is 12.8 Å². The predicted octanol–water partition coefficient (Wildman–Crippen LogP) is 2.01. The number of nitrogens with zero attached hydrogens (tertiary/aromatic N) is 1. The van der Waals surface area contributed by atoms with E-state index in [-0.39, 0.29) is 28.4 Å². The zero-order valence-electron chi connectivity index (χ0n) is 12.1. The highest BCUT2D eigenvalue weighted by Gasteiger charge is 2.31. The topological polar surface area (TPSA) is 76.8 Å². The Kier molecular flexibility index (Phi) is 4.65. The van der Waals surface area contributed by atoms with Crippen molar-refractivity contribution in [3.05, 3.63) is 17.6 Å². The standard InChI is InChI=1S/C13H18ClNO5S/c1-8-4-5-15(7-11(8)19-3)13(16)10-6-12(9(2)20-10)21(14,17)18/h6,8,11H,4-5,7H2,1-3H3. The second kappa shape index (κ2) is 5.98. The largest absolute Gasteiger partial charge is 0.455 e. The SMILES string of the molecule is COC1CN(C(=O)c2cc(S(=O)(=O)Cl)c(C)o2)CCC1C. The number of likely N-dealkylation sites (tertiary alicyclic amines) is 1. The number of hydrogen-bond acceptors (Lipinski definition) is 5. The highest BCUT2D eigenvalue weighted by molar-refractivity contribution is 8.13. The molecule has 0 saturated carbocycles. The molecule has 1 aliphatic rings. The highest BCUT2D eigenvalue weighted by atomic mass is 35.7. The van der Waals surface area contributed by atoms with E-state index in [1.54, 1.807) is 12.0 Å². The Morgan fingerprint density at radius 1 is 1.52 bits per heavy atom. The smallest absolute Gasteiger partial charge is 0.289 e. The van der Waals surface area contributed by atoms with Crippen molar-refractivity contribution in [1.82, 2.24) is 4.90 Å². The van der Waals surface area contributed by atoms with E-state index in [0.717, 1.165) is 6.42 Å². The first-order valence-corrected chi connectivity index (χ1v) is 8.92. The summed E-state index contributed by atoms with van der Waals surface area (Å²) in [5.74, 6) is 0.118. The van der Waals surface area contributed by atoms with E-state index < -0.39 is 9.05 Å². The molecule has 8 heteroatoms. The Labute approximate surface area is 128 Å². The van der Waals surface area contributed by atoms with Crippen LogP contribution < -0.4 is 0 Å². The van der Waals surface area contributed by atoms with Crippen LogP contribution in [-0.4, -0.2) is 45.5 Å². The fraction of sp³-hybridized carbons (Fsp3) is 0.615. The number of rotatable bonds is 3. The van der Waals surface area contributed by atoms with Crippen LogP contribution in [0.3, 0.4) is 0 Å². The van der Waals surface area contributed by atoms with Crippen molar-refractivity contribution < 1.29 is 22.4 Å². The number of piperidine rings is 1. The molecule has 2 heterocycles. The van der Waals surface area contributed by atoms with E-state index in [9.17, 15) is 13.2 Å². The van der Waals surface area contributed by atoms with Crippen LogP contribution in [0.15, 0.2) is 15.4 Å². The number of carbonyl (C=O) groups excluding carboxylic acids is 1. The summed E-state index contributed by atoms with van der Waals surface area (Å²) in [4.78, 5) is 13.8. The number of aryl methyl sites for hydroxylation is 1. The fourth-order valence-electron chi connectivity index (χ4n) is 2.49. The average molecular weight is 336 g/mol. The average Bonchev–Trinajstić information content (AvgIpc) is 2.80. The third-order valence-corrected chi connectivity index (χ3v) is 5.25. The van der Waals surface area contributed by atoms with Crippen molar-refractivity contribution in [1.29, 1.82) is 0 Å². The Morgan fingerprint density at radius 3 is 2.71 bits per heavy atom. The van der Waals surface area contributed by atoms with Gasteiger partial charge in [-0.25, -0.2) is 8.42 Å². The minimum Gasteiger partial charge on any atom is -0.455 e. The molecule has 2 atom stereocenters. The van der Waals surface area contributed by atoms with Gasteiger partial charge in [0, 0.05) is 36.9 Å². The molecule has 1 aliphatic heterocycles. The van der Waals surface area contributed by atoms with Crippen LogP contribution in [-0.2, 0) is 13.8 Å². The van der Waals surface area contributed by atoms with E-state index in [4.69, 9.17) is 19.8 Å². The summed E-state index contributed by atoms with van der Waals surface area (Å²) >= 11 is 0. The lowest BCUT2D eigenvalue weighted by Gasteiger charge is -2.35. The van der Waals surface area contributed by atoms with Crippen molar-refractivity contribution in [3.63, 3.8) is 0 Å². The van der Waals surface area contributed by atoms with Crippen molar-refractivity contribution in [2.24, 2.45) is 5.92 Å². The first kappa shape index (κ1) is 16.3. The number of ether oxygens (including phenoxy) is 1. The molecule has 0 aromatic carbocycles. The molecular weight excluding hydrogens is 318 g/mol. The number of furan rings is 1. The lowest BCUT2D eigenvalue weighted by Crippen LogP contribution is -2.46. The zero-order chi connectivity index (χ0) is 15.8. The lowest BCUT2D eigenvalue weighted by molar-refractivity contribution is -0.00265. The van der Waals surface area contributed by atoms with Crippen LogP contribution in [0.1, 0.15) is 29.7 Å². The molecule has 0 aliphatic carbocycles. The van der Waals surface area contributed by atoms with Gasteiger partial charge >= 0.3 is 0 Å². The summed E-state index contributed by atoms with van der Waals surface area (Å²) in [6.07, 6.45) is 0.792. The van der Waals surface area contributed by atoms with E-state index in [0.29, 0.717) is 19.0 Å². The molecule has 1 saturated heterocycles. The van der Waals surface area contributed by atoms with Crippen molar-refractivity contribution in [2.45, 2.75) is 31.3 Å². The second-order valence-corrected chi connectivity index (χ2v) is 7.79. The van der Waals surface area contributed by atoms with Crippen molar-refractivity contribution in [3.8, 4) is 0 Å². The predicted molar refractivity (Wildman–Crippen MR) is 77.0 cm³/mol. The minimum absolute atomic E-state index is 0.0175. The lowest BCUT2D eigenvalue weighted by atomic mass is 9.95. The molecular formula is C13H18ClNO5S. The molecule has 0 bridgehead atoms. The third kappa shape index (κ3) is 3.41. The molecule has 0 spiro atoms. The molecule has 1 fully saturated rings. The second-order valence-electron chi connectivity index (χ2n) is 5.26. The summed E-state index contributed by atoms with van der Waals surface area (Å²) in [6.45, 7) is 4.58. The first-order chi connectivity index (χ1) is 9.74. The van der Waals surface area contributed by atoms with Gasteiger partial charge in [0.15, 0.2) is 5.76 Å². The van der Waals surface area contributed by atoms with Crippen LogP contribution in [0.2, 0.25) is 0 Å². The molecule has 2 unspecified atom stereocenters. The molecule has 118 valence electrons. The van der Waals surface area contributed by atoms with E-state index in [1.807, 2.05) is 0 Å². The van der Waals surface area contributed by atoms with Crippen LogP contribution in [0.4, 0.5) is 0 Å². The van der Waals surface area contributed by atoms with Gasteiger partial charge in [0.1, 0.15) is 10.7 Å². The Bertz CT molecular complexity index is 639. The minimum atomic E-state index is -3.92. The maximum Gasteiger partial charge on any atom is 0.289 e. The highest BCUT2D eigenvalue weighted by Crippen LogP contribution is 2.26. The normalized spacial score (nSPS) is 23.3. The van der Waals surface area contributed by atoms with Gasteiger partial charge in [-0.05, 0) is 19.3 Å². The van der Waals surface area contributed by atoms with Gasteiger partial charge in [0.25, 0.3) is 15.0 Å². The van der Waals surface area contributed by atoms with Gasteiger partial charge in [-0.1, -0.05) is 6.92 Å². The van der Waals surface area contributed by atoms with Crippen molar-refractivity contribution >= 4 is 25.6 Å². The first-order valence-electron chi connectivity index (χ1n) is 6.61. The van der Waals surface area contributed by atoms with Crippen LogP contribution >= 0.6 is 10.7 Å². The molecule has 1 aromatic heterocycles. The fourth-order valence-corrected chi connectivity index (χ4v) is 3.59. The molecule has 1 amide bonds. The molecule has 1 aromatic rings. The van der Waals surface area contributed by atoms with E-state index in [1.165, 1.54) is 13.0 Å². The van der Waals surface area contributed by atoms with Gasteiger partial charge in [-0.3, -0.25) is 4.79 Å². The summed E-state index contributed by atoms with van der Waals surface area (Å²) in [6, 6.07) is 1.18. The maximum atomic E-state index is 12.4. The van der Waals surface area contributed by atoms with Gasteiger partial charge in [0.05, 0.1) is 6.10 Å². The zero-order valence-corrected chi connectivity index (χ0v) is 13.7. The molecule has 0 N–H and O–H groups in total. The molecule has 21 heavy (non-hydrogen) atoms. The number of carbonyl (C=O) groups is 1. The summed E-state index contributed by atoms with van der Waals surface area (Å²) in [5, 5.41) is 0. The Morgan fingerprint density at radius 2 is 2.19 bits per heavy atom. The molecule has 0 radical (unpaired) electrons. The van der Waals surface area contributed by atoms with Crippen LogP contribution in [0.5, 0.6) is 0 Å². The summed E-state index contributed by atoms with van der Waals surface area (Å²) in [7, 11) is 3.00. The quantitative estimate of drug-likeness (QED) is 0.790. The van der Waals surface area contributed by atoms with Gasteiger partial charge < -0.3 is 14.1 Å². The van der Waals surface area contributed by atoms with E-state index in [2.05, 4.69) is 6.92 Å². The monoisotopic (exact) mass is 335 g/mol. The molecule has 2 rings (SSSR count). The third-order valence-electron chi connectivity index (χ3n) is 3.83. The maximum absolute atomic E-state index is 12.4. The van der Waals surface area contributed by atoms with Gasteiger partial charge in [-0.15, -0.1) is 0 Å². The van der Waals surface area contributed by atoms with Gasteiger partial charge in [0.2, 0.25) is 0 Å². The number of methoxy groups -OCH3 is 1. The van der Waals surface area contributed by atoms with Crippen molar-refractivity contribution in [2.75, 3.05) is 20.2 Å². The van der Waals surface area contributed by atoms with E-state index >= 15 is 0 Å². The summed E-state index contributed by atoms with van der Waals surface area (Å²) < 4.78 is 33.4. The molecule has 6 nitrogen and oxygen atoms in total. The number of halogens is 1. The Hall–Kier alpha value is -1.05. The summed E-state index contributed by atoms with van der Waals surface area (Å²) in [5.41, 5.74) is 0.